The lowest BCUT2D eigenvalue weighted by atomic mass is 9.88. The third-order valence-corrected chi connectivity index (χ3v) is 8.88. The fourth-order valence-corrected chi connectivity index (χ4v) is 6.76. The van der Waals surface area contributed by atoms with E-state index >= 15 is 0 Å². The molecule has 0 spiro atoms. The van der Waals surface area contributed by atoms with Crippen molar-refractivity contribution in [1.82, 2.24) is 19.8 Å². The standard InChI is InChI=1S/C38H42N4O/c1-27(2)40-34(23-28-9-5-4-6-10-28)26-42-21-17-31(18-22-42)36-25-35(30-15-19-39-20-16-30)37(38(43)41(36)3)33-14-13-29-11-7-8-12-32(29)24-33/h4-16,19-20,24-25,27,31,34,40H,17-18,21-23,26H2,1-3H3/t34-/m0/s1. The predicted octanol–water partition coefficient (Wildman–Crippen LogP) is 7.06. The lowest BCUT2D eigenvalue weighted by molar-refractivity contribution is 0.185. The molecule has 3 heterocycles. The van der Waals surface area contributed by atoms with Crippen LogP contribution >= 0.6 is 0 Å². The molecular weight excluding hydrogens is 528 g/mol. The maximum Gasteiger partial charge on any atom is 0.259 e. The Balaban J connectivity index is 1.27. The van der Waals surface area contributed by atoms with Crippen LogP contribution in [0.25, 0.3) is 33.0 Å². The first-order chi connectivity index (χ1) is 21.0. The van der Waals surface area contributed by atoms with Crippen molar-refractivity contribution in [2.75, 3.05) is 19.6 Å². The average Bonchev–Trinajstić information content (AvgIpc) is 3.03. The molecule has 3 aromatic carbocycles. The van der Waals surface area contributed by atoms with Crippen molar-refractivity contribution in [2.45, 2.75) is 51.1 Å². The van der Waals surface area contributed by atoms with Crippen molar-refractivity contribution < 1.29 is 0 Å². The van der Waals surface area contributed by atoms with Gasteiger partial charge in [0.15, 0.2) is 0 Å². The smallest absolute Gasteiger partial charge is 0.259 e. The van der Waals surface area contributed by atoms with E-state index in [1.807, 2.05) is 48.3 Å². The largest absolute Gasteiger partial charge is 0.315 e. The molecule has 43 heavy (non-hydrogen) atoms. The van der Waals surface area contributed by atoms with Gasteiger partial charge in [0.1, 0.15) is 0 Å². The molecule has 1 fully saturated rings. The minimum absolute atomic E-state index is 0.0612. The van der Waals surface area contributed by atoms with Gasteiger partial charge >= 0.3 is 0 Å². The highest BCUT2D eigenvalue weighted by atomic mass is 16.1. The third kappa shape index (κ3) is 6.64. The molecule has 1 aliphatic rings. The van der Waals surface area contributed by atoms with E-state index in [0.717, 1.165) is 72.2 Å². The number of benzene rings is 3. The minimum atomic E-state index is 0.0612. The number of fused-ring (bicyclic) bond motifs is 1. The minimum Gasteiger partial charge on any atom is -0.315 e. The maximum atomic E-state index is 14.2. The molecule has 2 aromatic heterocycles. The lowest BCUT2D eigenvalue weighted by Crippen LogP contribution is -2.47. The Labute approximate surface area is 255 Å². The van der Waals surface area contributed by atoms with Gasteiger partial charge in [0.05, 0.1) is 5.56 Å². The fourth-order valence-electron chi connectivity index (χ4n) is 6.76. The first kappa shape index (κ1) is 29.0. The van der Waals surface area contributed by atoms with Gasteiger partial charge in [-0.3, -0.25) is 9.78 Å². The second kappa shape index (κ2) is 13.1. The zero-order valence-corrected chi connectivity index (χ0v) is 25.5. The average molecular weight is 571 g/mol. The van der Waals surface area contributed by atoms with E-state index in [9.17, 15) is 4.79 Å². The van der Waals surface area contributed by atoms with Gasteiger partial charge in [0.25, 0.3) is 5.56 Å². The lowest BCUT2D eigenvalue weighted by Gasteiger charge is -2.36. The van der Waals surface area contributed by atoms with Crippen molar-refractivity contribution in [3.63, 3.8) is 0 Å². The van der Waals surface area contributed by atoms with Gasteiger partial charge in [-0.05, 0) is 89.6 Å². The van der Waals surface area contributed by atoms with Gasteiger partial charge in [0, 0.05) is 49.7 Å². The summed E-state index contributed by atoms with van der Waals surface area (Å²) in [5, 5.41) is 6.11. The Kier molecular flexibility index (Phi) is 8.82. The summed E-state index contributed by atoms with van der Waals surface area (Å²) in [6, 6.07) is 32.6. The van der Waals surface area contributed by atoms with Crippen LogP contribution in [-0.4, -0.2) is 46.2 Å². The highest BCUT2D eigenvalue weighted by Gasteiger charge is 2.27. The summed E-state index contributed by atoms with van der Waals surface area (Å²) in [6.45, 7) is 7.54. The van der Waals surface area contributed by atoms with Gasteiger partial charge in [-0.2, -0.15) is 0 Å². The summed E-state index contributed by atoms with van der Waals surface area (Å²) >= 11 is 0. The third-order valence-electron chi connectivity index (χ3n) is 8.88. The highest BCUT2D eigenvalue weighted by molar-refractivity contribution is 5.91. The van der Waals surface area contributed by atoms with Crippen molar-refractivity contribution in [1.29, 1.82) is 0 Å². The molecule has 220 valence electrons. The predicted molar refractivity (Wildman–Crippen MR) is 178 cm³/mol. The monoisotopic (exact) mass is 570 g/mol. The number of hydrogen-bond acceptors (Lipinski definition) is 4. The van der Waals surface area contributed by atoms with E-state index < -0.39 is 0 Å². The number of aromatic nitrogens is 2. The maximum absolute atomic E-state index is 14.2. The van der Waals surface area contributed by atoms with Crippen LogP contribution in [0, 0.1) is 0 Å². The number of hydrogen-bond donors (Lipinski definition) is 1. The zero-order chi connectivity index (χ0) is 29.8. The fraction of sp³-hybridized carbons (Fsp3) is 0.316. The van der Waals surface area contributed by atoms with E-state index in [1.165, 1.54) is 10.9 Å². The van der Waals surface area contributed by atoms with Gasteiger partial charge in [0.2, 0.25) is 0 Å². The van der Waals surface area contributed by atoms with Gasteiger partial charge < -0.3 is 14.8 Å². The molecule has 6 rings (SSSR count). The number of piperidine rings is 1. The molecule has 0 bridgehead atoms. The van der Waals surface area contributed by atoms with Crippen molar-refractivity contribution >= 4 is 10.8 Å². The van der Waals surface area contributed by atoms with E-state index in [2.05, 4.69) is 95.8 Å². The van der Waals surface area contributed by atoms with Crippen LogP contribution in [-0.2, 0) is 13.5 Å². The number of nitrogens with one attached hydrogen (secondary N) is 1. The van der Waals surface area contributed by atoms with E-state index in [0.29, 0.717) is 18.0 Å². The van der Waals surface area contributed by atoms with Crippen LogP contribution in [0.4, 0.5) is 0 Å². The second-order valence-corrected chi connectivity index (χ2v) is 12.3. The number of likely N-dealkylation sites (tertiary alicyclic amines) is 1. The second-order valence-electron chi connectivity index (χ2n) is 12.3. The molecule has 1 aliphatic heterocycles. The van der Waals surface area contributed by atoms with Crippen LogP contribution in [0.1, 0.15) is 43.9 Å². The van der Waals surface area contributed by atoms with Crippen LogP contribution < -0.4 is 10.9 Å². The Morgan fingerprint density at radius 3 is 2.26 bits per heavy atom. The molecule has 0 amide bonds. The number of nitrogens with zero attached hydrogens (tertiary/aromatic N) is 3. The Morgan fingerprint density at radius 2 is 1.53 bits per heavy atom. The van der Waals surface area contributed by atoms with E-state index in [1.54, 1.807) is 0 Å². The van der Waals surface area contributed by atoms with Crippen LogP contribution in [0.3, 0.4) is 0 Å². The van der Waals surface area contributed by atoms with E-state index in [4.69, 9.17) is 0 Å². The van der Waals surface area contributed by atoms with Crippen LogP contribution in [0.5, 0.6) is 0 Å². The molecule has 1 N–H and O–H groups in total. The zero-order valence-electron chi connectivity index (χ0n) is 25.5. The molecule has 5 heteroatoms. The van der Waals surface area contributed by atoms with Gasteiger partial charge in [-0.25, -0.2) is 0 Å². The first-order valence-corrected chi connectivity index (χ1v) is 15.6. The van der Waals surface area contributed by atoms with Gasteiger partial charge in [-0.15, -0.1) is 0 Å². The van der Waals surface area contributed by atoms with Crippen molar-refractivity contribution in [3.8, 4) is 22.3 Å². The Hall–Kier alpha value is -4.06. The molecule has 5 aromatic rings. The molecule has 1 saturated heterocycles. The molecule has 0 saturated carbocycles. The number of pyridine rings is 2. The van der Waals surface area contributed by atoms with Gasteiger partial charge in [-0.1, -0.05) is 80.6 Å². The molecule has 5 nitrogen and oxygen atoms in total. The van der Waals surface area contributed by atoms with Crippen molar-refractivity contribution in [2.24, 2.45) is 7.05 Å². The normalized spacial score (nSPS) is 15.3. The molecule has 1 atom stereocenters. The molecular formula is C38H42N4O. The van der Waals surface area contributed by atoms with Crippen LogP contribution in [0.15, 0.2) is 108 Å². The Bertz CT molecular complexity index is 1720. The summed E-state index contributed by atoms with van der Waals surface area (Å²) in [4.78, 5) is 21.0. The summed E-state index contributed by atoms with van der Waals surface area (Å²) < 4.78 is 1.91. The molecule has 0 unspecified atom stereocenters. The molecule has 0 aliphatic carbocycles. The topological polar surface area (TPSA) is 50.2 Å². The highest BCUT2D eigenvalue weighted by Crippen LogP contribution is 2.35. The summed E-state index contributed by atoms with van der Waals surface area (Å²) in [5.41, 5.74) is 6.29. The summed E-state index contributed by atoms with van der Waals surface area (Å²) in [5.74, 6) is 0.339. The van der Waals surface area contributed by atoms with Crippen molar-refractivity contribution in [3.05, 3.63) is 125 Å². The molecule has 0 radical (unpaired) electrons. The summed E-state index contributed by atoms with van der Waals surface area (Å²) in [7, 11) is 1.95. The van der Waals surface area contributed by atoms with E-state index in [-0.39, 0.29) is 5.56 Å². The first-order valence-electron chi connectivity index (χ1n) is 15.6. The quantitative estimate of drug-likeness (QED) is 0.206. The number of rotatable bonds is 9. The summed E-state index contributed by atoms with van der Waals surface area (Å²) in [6.07, 6.45) is 6.73. The van der Waals surface area contributed by atoms with Crippen LogP contribution in [0.2, 0.25) is 0 Å². The SMILES string of the molecule is CC(C)N[C@@H](Cc1ccccc1)CN1CCC(c2cc(-c3ccncc3)c(-c3ccc4ccccc4c3)c(=O)n2C)CC1. The Morgan fingerprint density at radius 1 is 0.837 bits per heavy atom.